The summed E-state index contributed by atoms with van der Waals surface area (Å²) in [6.07, 6.45) is 1.51. The Balaban J connectivity index is 1.87. The summed E-state index contributed by atoms with van der Waals surface area (Å²) >= 11 is 5.86. The Kier molecular flexibility index (Phi) is 3.39. The van der Waals surface area contributed by atoms with Crippen LogP contribution in [0.1, 0.15) is 21.7 Å². The molecule has 2 aromatic heterocycles. The number of hydrogen-bond acceptors (Lipinski definition) is 3. The van der Waals surface area contributed by atoms with Crippen molar-refractivity contribution in [3.8, 4) is 0 Å². The van der Waals surface area contributed by atoms with E-state index in [1.165, 1.54) is 6.20 Å². The zero-order valence-electron chi connectivity index (χ0n) is 11.6. The predicted octanol–water partition coefficient (Wildman–Crippen LogP) is 4.35. The lowest BCUT2D eigenvalue weighted by molar-refractivity contribution is 0.0998. The van der Waals surface area contributed by atoms with Crippen molar-refractivity contribution in [3.05, 3.63) is 58.6 Å². The van der Waals surface area contributed by atoms with Crippen LogP contribution in [-0.4, -0.2) is 10.9 Å². The van der Waals surface area contributed by atoms with Crippen LogP contribution >= 0.6 is 11.6 Å². The number of rotatable bonds is 2. The van der Waals surface area contributed by atoms with Gasteiger partial charge >= 0.3 is 0 Å². The summed E-state index contributed by atoms with van der Waals surface area (Å²) in [5.74, 6) is -0.0458. The average Bonchev–Trinajstić information content (AvgIpc) is 2.86. The topological polar surface area (TPSA) is 55.1 Å². The summed E-state index contributed by atoms with van der Waals surface area (Å²) in [6.45, 7) is 3.82. The van der Waals surface area contributed by atoms with Crippen LogP contribution in [0.3, 0.4) is 0 Å². The van der Waals surface area contributed by atoms with E-state index >= 15 is 0 Å². The number of nitrogens with zero attached hydrogens (tertiary/aromatic N) is 1. The molecule has 21 heavy (non-hydrogen) atoms. The molecular formula is C16H13ClN2O2. The van der Waals surface area contributed by atoms with Crippen LogP contribution in [0.2, 0.25) is 5.15 Å². The van der Waals surface area contributed by atoms with Gasteiger partial charge in [-0.3, -0.25) is 4.79 Å². The van der Waals surface area contributed by atoms with Crippen molar-refractivity contribution in [2.45, 2.75) is 13.8 Å². The molecule has 0 aliphatic rings. The Morgan fingerprint density at radius 3 is 2.81 bits per heavy atom. The fourth-order valence-corrected chi connectivity index (χ4v) is 2.20. The van der Waals surface area contributed by atoms with Crippen molar-refractivity contribution in [2.24, 2.45) is 0 Å². The number of carbonyl (C=O) groups excluding carboxylic acids is 1. The molecule has 1 amide bonds. The molecule has 2 heterocycles. The number of amides is 1. The monoisotopic (exact) mass is 300 g/mol. The second-order valence-corrected chi connectivity index (χ2v) is 5.30. The molecule has 1 N–H and O–H groups in total. The first-order chi connectivity index (χ1) is 10.0. The van der Waals surface area contributed by atoms with Crippen molar-refractivity contribution in [1.82, 2.24) is 4.98 Å². The van der Waals surface area contributed by atoms with Crippen LogP contribution in [0.5, 0.6) is 0 Å². The Hall–Kier alpha value is -2.33. The summed E-state index contributed by atoms with van der Waals surface area (Å²) in [4.78, 5) is 16.2. The van der Waals surface area contributed by atoms with Crippen molar-refractivity contribution in [1.29, 1.82) is 0 Å². The molecule has 0 saturated carbocycles. The average molecular weight is 301 g/mol. The maximum absolute atomic E-state index is 12.2. The molecule has 0 atom stereocenters. The number of benzene rings is 1. The molecule has 0 saturated heterocycles. The number of hydrogen-bond donors (Lipinski definition) is 1. The number of halogens is 1. The van der Waals surface area contributed by atoms with Gasteiger partial charge in [0.1, 0.15) is 10.7 Å². The van der Waals surface area contributed by atoms with E-state index in [4.69, 9.17) is 16.0 Å². The molecule has 0 radical (unpaired) electrons. The minimum Gasteiger partial charge on any atom is -0.451 e. The highest BCUT2D eigenvalue weighted by Gasteiger charge is 2.13. The van der Waals surface area contributed by atoms with Gasteiger partial charge in [-0.05, 0) is 43.7 Å². The Morgan fingerprint density at radius 1 is 1.24 bits per heavy atom. The van der Waals surface area contributed by atoms with Crippen LogP contribution in [0.25, 0.3) is 11.0 Å². The maximum atomic E-state index is 12.2. The highest BCUT2D eigenvalue weighted by Crippen LogP contribution is 2.22. The number of fused-ring (bicyclic) bond motifs is 1. The minimum absolute atomic E-state index is 0.267. The molecule has 4 nitrogen and oxygen atoms in total. The van der Waals surface area contributed by atoms with Crippen molar-refractivity contribution >= 4 is 34.2 Å². The Morgan fingerprint density at radius 2 is 2.05 bits per heavy atom. The highest BCUT2D eigenvalue weighted by molar-refractivity contribution is 6.30. The Bertz CT molecular complexity index is 839. The molecule has 0 fully saturated rings. The third-order valence-electron chi connectivity index (χ3n) is 3.17. The standard InChI is InChI=1S/C16H13ClN2O2/c1-9-3-4-13-11(5-9)7-14(21-13)16(20)19-12-6-10(2)15(17)18-8-12/h3-8H,1-2H3,(H,19,20). The third kappa shape index (κ3) is 2.76. The molecule has 3 rings (SSSR count). The van der Waals surface area contributed by atoms with Gasteiger partial charge in [-0.2, -0.15) is 0 Å². The van der Waals surface area contributed by atoms with Gasteiger partial charge in [0.25, 0.3) is 5.91 Å². The van der Waals surface area contributed by atoms with Crippen LogP contribution in [0, 0.1) is 13.8 Å². The first-order valence-electron chi connectivity index (χ1n) is 6.46. The second-order valence-electron chi connectivity index (χ2n) is 4.94. The zero-order chi connectivity index (χ0) is 15.0. The third-order valence-corrected chi connectivity index (χ3v) is 3.56. The lowest BCUT2D eigenvalue weighted by Crippen LogP contribution is -2.11. The van der Waals surface area contributed by atoms with Crippen molar-refractivity contribution in [3.63, 3.8) is 0 Å². The molecule has 0 aliphatic heterocycles. The lowest BCUT2D eigenvalue weighted by Gasteiger charge is -2.04. The Labute approximate surface area is 126 Å². The van der Waals surface area contributed by atoms with Gasteiger partial charge in [-0.25, -0.2) is 4.98 Å². The molecule has 0 bridgehead atoms. The van der Waals surface area contributed by atoms with Gasteiger partial charge in [0.05, 0.1) is 11.9 Å². The number of nitrogens with one attached hydrogen (secondary N) is 1. The highest BCUT2D eigenvalue weighted by atomic mass is 35.5. The van der Waals surface area contributed by atoms with Crippen LogP contribution in [-0.2, 0) is 0 Å². The molecule has 0 aliphatic carbocycles. The maximum Gasteiger partial charge on any atom is 0.291 e. The van der Waals surface area contributed by atoms with E-state index in [2.05, 4.69) is 10.3 Å². The van der Waals surface area contributed by atoms with Crippen molar-refractivity contribution in [2.75, 3.05) is 5.32 Å². The van der Waals surface area contributed by atoms with E-state index in [1.54, 1.807) is 12.1 Å². The molecular weight excluding hydrogens is 288 g/mol. The molecule has 1 aromatic carbocycles. The number of furan rings is 1. The van der Waals surface area contributed by atoms with E-state index in [0.29, 0.717) is 16.4 Å². The number of pyridine rings is 1. The predicted molar refractivity (Wildman–Crippen MR) is 82.9 cm³/mol. The van der Waals surface area contributed by atoms with E-state index in [-0.39, 0.29) is 11.7 Å². The van der Waals surface area contributed by atoms with E-state index in [1.807, 2.05) is 32.0 Å². The SMILES string of the molecule is Cc1ccc2oc(C(=O)Nc3cnc(Cl)c(C)c3)cc2c1. The minimum atomic E-state index is -0.313. The van der Waals surface area contributed by atoms with Crippen LogP contribution in [0.15, 0.2) is 40.9 Å². The van der Waals surface area contributed by atoms with Gasteiger partial charge in [0.2, 0.25) is 0 Å². The number of aryl methyl sites for hydroxylation is 2. The largest absolute Gasteiger partial charge is 0.451 e. The fraction of sp³-hybridized carbons (Fsp3) is 0.125. The zero-order valence-corrected chi connectivity index (χ0v) is 12.4. The van der Waals surface area contributed by atoms with Gasteiger partial charge in [-0.1, -0.05) is 23.2 Å². The van der Waals surface area contributed by atoms with Gasteiger partial charge in [0.15, 0.2) is 5.76 Å². The van der Waals surface area contributed by atoms with Crippen LogP contribution < -0.4 is 5.32 Å². The molecule has 106 valence electrons. The quantitative estimate of drug-likeness (QED) is 0.716. The van der Waals surface area contributed by atoms with E-state index < -0.39 is 0 Å². The molecule has 5 heteroatoms. The summed E-state index contributed by atoms with van der Waals surface area (Å²) < 4.78 is 5.55. The number of anilines is 1. The molecule has 3 aromatic rings. The molecule has 0 spiro atoms. The molecule has 0 unspecified atom stereocenters. The summed E-state index contributed by atoms with van der Waals surface area (Å²) in [6, 6.07) is 9.27. The van der Waals surface area contributed by atoms with Gasteiger partial charge in [-0.15, -0.1) is 0 Å². The normalized spacial score (nSPS) is 10.8. The lowest BCUT2D eigenvalue weighted by atomic mass is 10.2. The van der Waals surface area contributed by atoms with Crippen LogP contribution in [0.4, 0.5) is 5.69 Å². The second kappa shape index (κ2) is 5.22. The van der Waals surface area contributed by atoms with Gasteiger partial charge < -0.3 is 9.73 Å². The summed E-state index contributed by atoms with van der Waals surface area (Å²) in [5, 5.41) is 4.08. The number of carbonyl (C=O) groups is 1. The smallest absolute Gasteiger partial charge is 0.291 e. The fourth-order valence-electron chi connectivity index (χ4n) is 2.09. The van der Waals surface area contributed by atoms with Crippen molar-refractivity contribution < 1.29 is 9.21 Å². The first kappa shape index (κ1) is 13.6. The van der Waals surface area contributed by atoms with E-state index in [9.17, 15) is 4.79 Å². The number of aromatic nitrogens is 1. The first-order valence-corrected chi connectivity index (χ1v) is 6.84. The summed E-state index contributed by atoms with van der Waals surface area (Å²) in [7, 11) is 0. The van der Waals surface area contributed by atoms with E-state index in [0.717, 1.165) is 16.5 Å². The van der Waals surface area contributed by atoms with Gasteiger partial charge in [0, 0.05) is 5.39 Å². The summed E-state index contributed by atoms with van der Waals surface area (Å²) in [5.41, 5.74) is 3.19.